The highest BCUT2D eigenvalue weighted by Gasteiger charge is 2.31. The highest BCUT2D eigenvalue weighted by atomic mass is 16.4. The summed E-state index contributed by atoms with van der Waals surface area (Å²) in [4.78, 5) is 55.1. The molecule has 9 nitrogen and oxygen atoms in total. The van der Waals surface area contributed by atoms with Gasteiger partial charge in [-0.25, -0.2) is 4.79 Å². The van der Waals surface area contributed by atoms with Crippen LogP contribution < -0.4 is 16.0 Å². The molecular weight excluding hydrogens is 568 g/mol. The van der Waals surface area contributed by atoms with Crippen LogP contribution in [0.3, 0.4) is 0 Å². The lowest BCUT2D eigenvalue weighted by Gasteiger charge is -2.22. The summed E-state index contributed by atoms with van der Waals surface area (Å²) in [5, 5.41) is 19.0. The summed E-state index contributed by atoms with van der Waals surface area (Å²) in [5.74, 6) is -3.12. The van der Waals surface area contributed by atoms with Gasteiger partial charge in [0.15, 0.2) is 0 Å². The van der Waals surface area contributed by atoms with Gasteiger partial charge in [-0.3, -0.25) is 14.4 Å². The maximum atomic E-state index is 13.6. The number of carboxylic acids is 1. The molecule has 0 saturated heterocycles. The zero-order valence-corrected chi connectivity index (χ0v) is 24.3. The van der Waals surface area contributed by atoms with E-state index in [1.807, 2.05) is 60.7 Å². The molecule has 0 spiro atoms. The number of fused-ring (bicyclic) bond motifs is 4. The fourth-order valence-corrected chi connectivity index (χ4v) is 5.99. The van der Waals surface area contributed by atoms with Gasteiger partial charge in [-0.2, -0.15) is 0 Å². The van der Waals surface area contributed by atoms with Gasteiger partial charge in [-0.05, 0) is 46.0 Å². The molecule has 0 unspecified atom stereocenters. The molecule has 6 rings (SSSR count). The normalized spacial score (nSPS) is 13.3. The topological polar surface area (TPSA) is 140 Å². The molecule has 0 radical (unpaired) electrons. The van der Waals surface area contributed by atoms with Crippen molar-refractivity contribution in [3.05, 3.63) is 132 Å². The summed E-state index contributed by atoms with van der Waals surface area (Å²) < 4.78 is 0. The van der Waals surface area contributed by atoms with Crippen molar-refractivity contribution in [1.29, 1.82) is 0 Å². The van der Waals surface area contributed by atoms with E-state index in [-0.39, 0.29) is 18.9 Å². The summed E-state index contributed by atoms with van der Waals surface area (Å²) in [6, 6.07) is 29.5. The van der Waals surface area contributed by atoms with E-state index in [0.29, 0.717) is 5.56 Å². The molecule has 2 atom stereocenters. The van der Waals surface area contributed by atoms with E-state index in [1.54, 1.807) is 36.5 Å². The molecule has 0 aliphatic heterocycles. The standard InChI is InChI=1S/C36H32N4O5/c41-33(38-21-29-27-15-6-4-13-25(27)26-14-5-7-16-28(26)29)19-32(36(44)45)40-35(43)31(39-34(42)22-10-2-1-3-11-22)18-23-20-37-30-17-9-8-12-24(23)30/h1-17,20,29,31-32,37H,18-19,21H2,(H,38,41)(H,39,42)(H,40,43)(H,44,45)/t31-,32-/m0/s1. The molecule has 1 heterocycles. The number of rotatable bonds is 11. The van der Waals surface area contributed by atoms with Crippen LogP contribution in [0.15, 0.2) is 109 Å². The van der Waals surface area contributed by atoms with E-state index in [0.717, 1.165) is 38.7 Å². The highest BCUT2D eigenvalue weighted by molar-refractivity contribution is 5.99. The van der Waals surface area contributed by atoms with Crippen LogP contribution >= 0.6 is 0 Å². The Morgan fingerprint density at radius 2 is 1.36 bits per heavy atom. The van der Waals surface area contributed by atoms with Gasteiger partial charge in [0.2, 0.25) is 11.8 Å². The number of nitrogens with one attached hydrogen (secondary N) is 4. The van der Waals surface area contributed by atoms with E-state index in [9.17, 15) is 24.3 Å². The maximum absolute atomic E-state index is 13.6. The zero-order valence-electron chi connectivity index (χ0n) is 24.3. The number of amides is 3. The summed E-state index contributed by atoms with van der Waals surface area (Å²) in [6.45, 7) is 0.281. The minimum Gasteiger partial charge on any atom is -0.480 e. The van der Waals surface area contributed by atoms with Crippen LogP contribution in [0.2, 0.25) is 0 Å². The van der Waals surface area contributed by atoms with Crippen molar-refractivity contribution in [2.24, 2.45) is 0 Å². The lowest BCUT2D eigenvalue weighted by Crippen LogP contribution is -2.53. The van der Waals surface area contributed by atoms with E-state index in [4.69, 9.17) is 0 Å². The molecule has 1 aliphatic rings. The number of hydrogen-bond donors (Lipinski definition) is 5. The fraction of sp³-hybridized carbons (Fsp3) is 0.167. The average molecular weight is 601 g/mol. The molecule has 5 N–H and O–H groups in total. The van der Waals surface area contributed by atoms with Crippen LogP contribution in [0, 0.1) is 0 Å². The van der Waals surface area contributed by atoms with Gasteiger partial charge in [-0.15, -0.1) is 0 Å². The van der Waals surface area contributed by atoms with Crippen LogP contribution in [-0.4, -0.2) is 52.4 Å². The molecule has 4 aromatic carbocycles. The number of H-pyrrole nitrogens is 1. The Morgan fingerprint density at radius 3 is 2.04 bits per heavy atom. The number of aromatic nitrogens is 1. The number of benzene rings is 4. The van der Waals surface area contributed by atoms with Crippen molar-refractivity contribution in [3.63, 3.8) is 0 Å². The first-order chi connectivity index (χ1) is 21.9. The molecule has 1 aliphatic carbocycles. The third-order valence-corrected chi connectivity index (χ3v) is 8.23. The first kappa shape index (κ1) is 29.4. The predicted molar refractivity (Wildman–Crippen MR) is 171 cm³/mol. The Labute approximate surface area is 259 Å². The van der Waals surface area contributed by atoms with E-state index < -0.39 is 42.2 Å². The van der Waals surface area contributed by atoms with Crippen LogP contribution in [0.4, 0.5) is 0 Å². The van der Waals surface area contributed by atoms with Gasteiger partial charge >= 0.3 is 5.97 Å². The Balaban J connectivity index is 1.15. The van der Waals surface area contributed by atoms with E-state index in [2.05, 4.69) is 33.1 Å². The van der Waals surface area contributed by atoms with E-state index in [1.165, 1.54) is 0 Å². The number of carbonyl (C=O) groups excluding carboxylic acids is 3. The lowest BCUT2D eigenvalue weighted by atomic mass is 9.97. The Morgan fingerprint density at radius 1 is 0.733 bits per heavy atom. The van der Waals surface area contributed by atoms with Crippen molar-refractivity contribution in [1.82, 2.24) is 20.9 Å². The Hall–Kier alpha value is -5.70. The van der Waals surface area contributed by atoms with Crippen LogP contribution in [0.1, 0.15) is 39.4 Å². The molecular formula is C36H32N4O5. The number of carbonyl (C=O) groups is 4. The molecule has 0 fully saturated rings. The molecule has 5 aromatic rings. The summed E-state index contributed by atoms with van der Waals surface area (Å²) in [5.41, 5.74) is 6.42. The van der Waals surface area contributed by atoms with Crippen molar-refractivity contribution in [2.45, 2.75) is 30.8 Å². The zero-order chi connectivity index (χ0) is 31.3. The first-order valence-electron chi connectivity index (χ1n) is 14.8. The summed E-state index contributed by atoms with van der Waals surface area (Å²) >= 11 is 0. The van der Waals surface area contributed by atoms with Gasteiger partial charge in [0, 0.05) is 41.5 Å². The van der Waals surface area contributed by atoms with Crippen molar-refractivity contribution >= 4 is 34.6 Å². The molecule has 226 valence electrons. The van der Waals surface area contributed by atoms with Crippen molar-refractivity contribution < 1.29 is 24.3 Å². The van der Waals surface area contributed by atoms with Crippen LogP contribution in [-0.2, 0) is 20.8 Å². The molecule has 0 saturated carbocycles. The second kappa shape index (κ2) is 12.9. The predicted octanol–water partition coefficient (Wildman–Crippen LogP) is 4.40. The summed E-state index contributed by atoms with van der Waals surface area (Å²) in [7, 11) is 0. The van der Waals surface area contributed by atoms with Crippen LogP contribution in [0.5, 0.6) is 0 Å². The lowest BCUT2D eigenvalue weighted by molar-refractivity contribution is -0.143. The molecule has 1 aromatic heterocycles. The largest absolute Gasteiger partial charge is 0.480 e. The quantitative estimate of drug-likeness (QED) is 0.153. The molecule has 45 heavy (non-hydrogen) atoms. The number of aliphatic carboxylic acids is 1. The SMILES string of the molecule is O=C(C[C@H](NC(=O)[C@H](Cc1c[nH]c2ccccc12)NC(=O)c1ccccc1)C(=O)O)NCC1c2ccccc2-c2ccccc21. The number of hydrogen-bond acceptors (Lipinski definition) is 4. The minimum absolute atomic E-state index is 0.0760. The first-order valence-corrected chi connectivity index (χ1v) is 14.8. The third-order valence-electron chi connectivity index (χ3n) is 8.23. The maximum Gasteiger partial charge on any atom is 0.326 e. The van der Waals surface area contributed by atoms with Crippen LogP contribution in [0.25, 0.3) is 22.0 Å². The van der Waals surface area contributed by atoms with Crippen molar-refractivity contribution in [3.8, 4) is 11.1 Å². The van der Waals surface area contributed by atoms with Gasteiger partial charge < -0.3 is 26.0 Å². The second-order valence-corrected chi connectivity index (χ2v) is 11.1. The third kappa shape index (κ3) is 6.33. The van der Waals surface area contributed by atoms with Gasteiger partial charge in [-0.1, -0.05) is 84.9 Å². The van der Waals surface area contributed by atoms with Gasteiger partial charge in [0.25, 0.3) is 5.91 Å². The number of aromatic amines is 1. The monoisotopic (exact) mass is 600 g/mol. The fourth-order valence-electron chi connectivity index (χ4n) is 5.99. The molecule has 0 bridgehead atoms. The van der Waals surface area contributed by atoms with Gasteiger partial charge in [0.1, 0.15) is 12.1 Å². The smallest absolute Gasteiger partial charge is 0.326 e. The van der Waals surface area contributed by atoms with Gasteiger partial charge in [0.05, 0.1) is 6.42 Å². The van der Waals surface area contributed by atoms with E-state index >= 15 is 0 Å². The van der Waals surface area contributed by atoms with Crippen molar-refractivity contribution in [2.75, 3.05) is 6.54 Å². The highest BCUT2D eigenvalue weighted by Crippen LogP contribution is 2.44. The number of para-hydroxylation sites is 1. The molecule has 9 heteroatoms. The second-order valence-electron chi connectivity index (χ2n) is 11.1. The molecule has 3 amide bonds. The summed E-state index contributed by atoms with van der Waals surface area (Å²) in [6.07, 6.45) is 1.40. The average Bonchev–Trinajstić information content (AvgIpc) is 3.62. The number of carboxylic acid groups (broad SMARTS) is 1. The Bertz CT molecular complexity index is 1840. The minimum atomic E-state index is -1.50. The Kier molecular flexibility index (Phi) is 8.41.